The smallest absolute Gasteiger partial charge is 0.296 e. The zero-order valence-electron chi connectivity index (χ0n) is 21.5. The molecule has 1 atom stereocenters. The number of benzene rings is 1. The number of hydrogen-bond donors (Lipinski definition) is 1. The molecule has 10 nitrogen and oxygen atoms in total. The highest BCUT2D eigenvalue weighted by atomic mass is 19.3. The molecule has 5 rings (SSSR count). The van der Waals surface area contributed by atoms with Crippen LogP contribution in [0.1, 0.15) is 23.7 Å². The van der Waals surface area contributed by atoms with E-state index in [9.17, 15) is 4.79 Å². The van der Waals surface area contributed by atoms with Gasteiger partial charge in [0.1, 0.15) is 17.8 Å². The first-order chi connectivity index (χ1) is 19.1. The molecule has 210 valence electrons. The number of carbonyl (C=O) groups excluding carboxylic acids is 1. The van der Waals surface area contributed by atoms with Crippen LogP contribution in [0.5, 0.6) is 11.5 Å². The van der Waals surface area contributed by atoms with Crippen LogP contribution in [0, 0.1) is 11.6 Å². The van der Waals surface area contributed by atoms with Gasteiger partial charge in [0.15, 0.2) is 23.1 Å². The van der Waals surface area contributed by atoms with Gasteiger partial charge in [-0.05, 0) is 12.5 Å². The van der Waals surface area contributed by atoms with E-state index in [1.165, 1.54) is 28.2 Å². The molecule has 0 unspecified atom stereocenters. The first kappa shape index (κ1) is 27.0. The summed E-state index contributed by atoms with van der Waals surface area (Å²) in [6.45, 7) is 3.97. The number of nitrogens with two attached hydrogens (primary N) is 1. The maximum absolute atomic E-state index is 16.1. The number of alkyl halides is 2. The molecule has 1 aliphatic heterocycles. The predicted molar refractivity (Wildman–Crippen MR) is 135 cm³/mol. The van der Waals surface area contributed by atoms with Gasteiger partial charge in [0.25, 0.3) is 5.92 Å². The fourth-order valence-electron chi connectivity index (χ4n) is 4.90. The molecule has 1 aliphatic rings. The molecule has 0 saturated carbocycles. The number of carbonyl (C=O) groups is 1. The van der Waals surface area contributed by atoms with Gasteiger partial charge >= 0.3 is 0 Å². The topological polar surface area (TPSA) is 122 Å². The number of aromatic nitrogens is 4. The lowest BCUT2D eigenvalue weighted by atomic mass is 10.00. The Morgan fingerprint density at radius 3 is 2.55 bits per heavy atom. The number of fused-ring (bicyclic) bond motifs is 1. The van der Waals surface area contributed by atoms with Crippen LogP contribution in [0.2, 0.25) is 0 Å². The number of oxazole rings is 1. The van der Waals surface area contributed by atoms with Gasteiger partial charge < -0.3 is 24.5 Å². The third-order valence-corrected chi connectivity index (χ3v) is 6.82. The first-order valence-electron chi connectivity index (χ1n) is 12.1. The Bertz CT molecular complexity index is 1580. The highest BCUT2D eigenvalue weighted by Crippen LogP contribution is 2.44. The highest BCUT2D eigenvalue weighted by molar-refractivity contribution is 6.00. The number of anilines is 1. The number of nitrogen functional groups attached to an aromatic ring is 1. The van der Waals surface area contributed by atoms with E-state index in [2.05, 4.69) is 21.6 Å². The summed E-state index contributed by atoms with van der Waals surface area (Å²) in [5, 5.41) is 4.01. The Morgan fingerprint density at radius 2 is 1.95 bits per heavy atom. The van der Waals surface area contributed by atoms with Crippen molar-refractivity contribution in [1.82, 2.24) is 24.6 Å². The Morgan fingerprint density at radius 1 is 1.25 bits per heavy atom. The van der Waals surface area contributed by atoms with Gasteiger partial charge in [0, 0.05) is 37.3 Å². The number of methoxy groups -OCH3 is 2. The van der Waals surface area contributed by atoms with Crippen molar-refractivity contribution >= 4 is 22.6 Å². The molecule has 4 heterocycles. The largest absolute Gasteiger partial charge is 0.494 e. The van der Waals surface area contributed by atoms with Crippen molar-refractivity contribution in [3.8, 4) is 23.0 Å². The van der Waals surface area contributed by atoms with Crippen molar-refractivity contribution in [1.29, 1.82) is 0 Å². The molecule has 0 radical (unpaired) electrons. The second-order valence-electron chi connectivity index (χ2n) is 9.11. The molecule has 1 fully saturated rings. The van der Waals surface area contributed by atoms with Crippen LogP contribution in [0.15, 0.2) is 41.8 Å². The van der Waals surface area contributed by atoms with Gasteiger partial charge in [-0.2, -0.15) is 13.9 Å². The first-order valence-corrected chi connectivity index (χ1v) is 12.1. The van der Waals surface area contributed by atoms with E-state index in [1.54, 1.807) is 0 Å². The van der Waals surface area contributed by atoms with E-state index in [-0.39, 0.29) is 40.6 Å². The third kappa shape index (κ3) is 4.38. The molecule has 40 heavy (non-hydrogen) atoms. The van der Waals surface area contributed by atoms with Crippen LogP contribution >= 0.6 is 0 Å². The number of ether oxygens (including phenoxy) is 2. The van der Waals surface area contributed by atoms with E-state index in [0.717, 1.165) is 26.4 Å². The minimum absolute atomic E-state index is 0.0696. The summed E-state index contributed by atoms with van der Waals surface area (Å²) in [4.78, 5) is 21.9. The van der Waals surface area contributed by atoms with Crippen LogP contribution in [-0.4, -0.2) is 57.9 Å². The van der Waals surface area contributed by atoms with E-state index in [1.807, 2.05) is 0 Å². The molecule has 0 spiro atoms. The van der Waals surface area contributed by atoms with Crippen LogP contribution in [0.3, 0.4) is 0 Å². The summed E-state index contributed by atoms with van der Waals surface area (Å²) in [6.07, 6.45) is 4.10. The number of likely N-dealkylation sites (tertiary alicyclic amines) is 1. The Labute approximate surface area is 225 Å². The van der Waals surface area contributed by atoms with Crippen LogP contribution in [-0.2, 0) is 17.1 Å². The van der Waals surface area contributed by atoms with Gasteiger partial charge in [-0.1, -0.05) is 6.58 Å². The molecule has 4 aromatic rings. The number of halogens is 4. The molecular weight excluding hydrogens is 536 g/mol. The minimum atomic E-state index is -3.96. The zero-order valence-corrected chi connectivity index (χ0v) is 21.5. The number of amides is 1. The number of rotatable bonds is 8. The zero-order chi connectivity index (χ0) is 28.8. The normalized spacial score (nSPS) is 15.6. The third-order valence-electron chi connectivity index (χ3n) is 6.82. The second-order valence-corrected chi connectivity index (χ2v) is 9.11. The lowest BCUT2D eigenvalue weighted by Crippen LogP contribution is -2.27. The predicted octanol–water partition coefficient (Wildman–Crippen LogP) is 4.26. The van der Waals surface area contributed by atoms with Crippen molar-refractivity contribution in [3.05, 3.63) is 60.3 Å². The van der Waals surface area contributed by atoms with Crippen molar-refractivity contribution < 1.29 is 36.2 Å². The summed E-state index contributed by atoms with van der Waals surface area (Å²) in [5.74, 6) is -8.03. The molecule has 14 heteroatoms. The van der Waals surface area contributed by atoms with E-state index < -0.39 is 52.8 Å². The average Bonchev–Trinajstić information content (AvgIpc) is 3.71. The monoisotopic (exact) mass is 560 g/mol. The van der Waals surface area contributed by atoms with Crippen molar-refractivity contribution in [2.24, 2.45) is 0 Å². The van der Waals surface area contributed by atoms with Crippen molar-refractivity contribution in [2.45, 2.75) is 24.8 Å². The van der Waals surface area contributed by atoms with Crippen LogP contribution in [0.4, 0.5) is 23.4 Å². The Kier molecular flexibility index (Phi) is 6.85. The molecule has 3 aromatic heterocycles. The lowest BCUT2D eigenvalue weighted by Gasteiger charge is -2.18. The SMILES string of the molecule is C=CC(=O)N1CC[C@H](n2nc(C(F)(F)Cc3c(F)c(OC)cc(OC)c3F)c3c(N)ncc(-c4ncco4)c32)C1. The molecule has 0 aliphatic carbocycles. The summed E-state index contributed by atoms with van der Waals surface area (Å²) in [7, 11) is 2.23. The molecular formula is C26H24F4N6O4. The van der Waals surface area contributed by atoms with Gasteiger partial charge in [-0.25, -0.2) is 18.7 Å². The quantitative estimate of drug-likeness (QED) is 0.251. The molecule has 1 saturated heterocycles. The lowest BCUT2D eigenvalue weighted by molar-refractivity contribution is -0.125. The Balaban J connectivity index is 1.70. The fraction of sp³-hybridized carbons (Fsp3) is 0.308. The maximum atomic E-state index is 16.1. The molecule has 1 amide bonds. The van der Waals surface area contributed by atoms with Crippen LogP contribution in [0.25, 0.3) is 22.4 Å². The summed E-state index contributed by atoms with van der Waals surface area (Å²) in [5.41, 5.74) is 4.66. The standard InChI is InChI=1S/C26H24F4N6O4/c1-4-18(37)35-7-5-13(12-35)36-22-15(25-32-6-8-40-25)11-33-24(31)19(22)23(34-36)26(29,30)10-14-20(27)16(38-2)9-17(39-3)21(14)28/h4,6,8-9,11,13H,1,5,7,10,12H2,2-3H3,(H2,31,33)/t13-/m0/s1. The summed E-state index contributed by atoms with van der Waals surface area (Å²) in [6, 6.07) is 0.383. The van der Waals surface area contributed by atoms with Crippen molar-refractivity contribution in [2.75, 3.05) is 33.0 Å². The van der Waals surface area contributed by atoms with E-state index in [4.69, 9.17) is 19.6 Å². The average molecular weight is 561 g/mol. The van der Waals surface area contributed by atoms with Gasteiger partial charge in [-0.15, -0.1) is 0 Å². The van der Waals surface area contributed by atoms with E-state index >= 15 is 17.6 Å². The highest BCUT2D eigenvalue weighted by Gasteiger charge is 2.43. The fourth-order valence-corrected chi connectivity index (χ4v) is 4.90. The number of pyridine rings is 1. The molecule has 1 aromatic carbocycles. The number of nitrogens with zero attached hydrogens (tertiary/aromatic N) is 5. The number of hydrogen-bond acceptors (Lipinski definition) is 8. The Hall–Kier alpha value is -4.62. The van der Waals surface area contributed by atoms with E-state index in [0.29, 0.717) is 13.0 Å². The van der Waals surface area contributed by atoms with Gasteiger partial charge in [-0.3, -0.25) is 9.48 Å². The maximum Gasteiger partial charge on any atom is 0.296 e. The summed E-state index contributed by atoms with van der Waals surface area (Å²) >= 11 is 0. The van der Waals surface area contributed by atoms with Gasteiger partial charge in [0.05, 0.1) is 42.9 Å². The summed E-state index contributed by atoms with van der Waals surface area (Å²) < 4.78 is 78.9. The van der Waals surface area contributed by atoms with Gasteiger partial charge in [0.2, 0.25) is 11.8 Å². The minimum Gasteiger partial charge on any atom is -0.494 e. The molecule has 0 bridgehead atoms. The van der Waals surface area contributed by atoms with Crippen molar-refractivity contribution in [3.63, 3.8) is 0 Å². The van der Waals surface area contributed by atoms with Crippen LogP contribution < -0.4 is 15.2 Å². The second kappa shape index (κ2) is 10.2. The molecule has 2 N–H and O–H groups in total.